The molecule has 0 aliphatic rings. The van der Waals surface area contributed by atoms with E-state index in [2.05, 4.69) is 5.10 Å². The van der Waals surface area contributed by atoms with Crippen LogP contribution in [0.1, 0.15) is 46.0 Å². The number of aryl methyl sites for hydroxylation is 2. The molecule has 0 fully saturated rings. The maximum absolute atomic E-state index is 13.3. The van der Waals surface area contributed by atoms with E-state index in [1.54, 1.807) is 16.9 Å². The second-order valence-corrected chi connectivity index (χ2v) is 7.44. The SMILES string of the molecule is CCCn1ncc(C(=O)c2cc(C)c(Cl)c(C)c2Cl)c1OCc1ccccc1. The summed E-state index contributed by atoms with van der Waals surface area (Å²) in [5, 5.41) is 5.29. The molecule has 0 atom stereocenters. The highest BCUT2D eigenvalue weighted by molar-refractivity contribution is 6.39. The lowest BCUT2D eigenvalue weighted by atomic mass is 10.0. The lowest BCUT2D eigenvalue weighted by Gasteiger charge is -2.13. The summed E-state index contributed by atoms with van der Waals surface area (Å²) < 4.78 is 7.75. The lowest BCUT2D eigenvalue weighted by Crippen LogP contribution is -2.10. The maximum Gasteiger partial charge on any atom is 0.223 e. The monoisotopic (exact) mass is 416 g/mol. The summed E-state index contributed by atoms with van der Waals surface area (Å²) in [5.41, 5.74) is 3.31. The molecule has 0 bridgehead atoms. The fourth-order valence-corrected chi connectivity index (χ4v) is 3.46. The Morgan fingerprint density at radius 2 is 1.82 bits per heavy atom. The molecule has 1 heterocycles. The first-order valence-corrected chi connectivity index (χ1v) is 9.92. The number of hydrogen-bond donors (Lipinski definition) is 0. The summed E-state index contributed by atoms with van der Waals surface area (Å²) >= 11 is 12.7. The number of benzene rings is 2. The highest BCUT2D eigenvalue weighted by Gasteiger charge is 2.24. The molecule has 0 aliphatic heterocycles. The van der Waals surface area contributed by atoms with Crippen molar-refractivity contribution in [1.29, 1.82) is 0 Å². The summed E-state index contributed by atoms with van der Waals surface area (Å²) in [4.78, 5) is 13.3. The molecule has 146 valence electrons. The average Bonchev–Trinajstić information content (AvgIpc) is 3.10. The number of hydrogen-bond acceptors (Lipinski definition) is 3. The standard InChI is InChI=1S/C22H22Cl2N2O2/c1-4-10-26-22(28-13-16-8-6-5-7-9-16)18(12-25-26)21(27)17-11-14(2)19(23)15(3)20(17)24/h5-9,11-12H,4,10,13H2,1-3H3. The molecular weight excluding hydrogens is 395 g/mol. The normalized spacial score (nSPS) is 10.9. The van der Waals surface area contributed by atoms with Gasteiger partial charge in [-0.1, -0.05) is 60.5 Å². The van der Waals surface area contributed by atoms with Crippen LogP contribution in [0.5, 0.6) is 5.88 Å². The van der Waals surface area contributed by atoms with E-state index < -0.39 is 0 Å². The third-order valence-electron chi connectivity index (χ3n) is 4.54. The predicted molar refractivity (Wildman–Crippen MR) is 113 cm³/mol. The van der Waals surface area contributed by atoms with Crippen molar-refractivity contribution < 1.29 is 9.53 Å². The van der Waals surface area contributed by atoms with Crippen molar-refractivity contribution in [3.05, 3.63) is 80.5 Å². The van der Waals surface area contributed by atoms with E-state index in [9.17, 15) is 4.79 Å². The second kappa shape index (κ2) is 8.80. The fourth-order valence-electron chi connectivity index (χ4n) is 3.03. The molecule has 1 aromatic heterocycles. The molecule has 0 unspecified atom stereocenters. The van der Waals surface area contributed by atoms with Gasteiger partial charge < -0.3 is 4.74 Å². The Morgan fingerprint density at radius 3 is 2.50 bits per heavy atom. The molecule has 0 saturated carbocycles. The maximum atomic E-state index is 13.3. The van der Waals surface area contributed by atoms with Gasteiger partial charge in [-0.05, 0) is 43.0 Å². The minimum Gasteiger partial charge on any atom is -0.472 e. The molecule has 6 heteroatoms. The summed E-state index contributed by atoms with van der Waals surface area (Å²) in [5.74, 6) is 0.232. The zero-order chi connectivity index (χ0) is 20.3. The van der Waals surface area contributed by atoms with Crippen LogP contribution in [-0.4, -0.2) is 15.6 Å². The van der Waals surface area contributed by atoms with Gasteiger partial charge in [0, 0.05) is 17.1 Å². The van der Waals surface area contributed by atoms with E-state index in [4.69, 9.17) is 27.9 Å². The number of carbonyl (C=O) groups is 1. The molecule has 4 nitrogen and oxygen atoms in total. The Bertz CT molecular complexity index is 998. The summed E-state index contributed by atoms with van der Waals surface area (Å²) in [6, 6.07) is 11.5. The van der Waals surface area contributed by atoms with E-state index in [0.717, 1.165) is 17.5 Å². The van der Waals surface area contributed by atoms with E-state index in [-0.39, 0.29) is 5.78 Å². The number of carbonyl (C=O) groups excluding carboxylic acids is 1. The van der Waals surface area contributed by atoms with Gasteiger partial charge in [0.05, 0.1) is 11.2 Å². The minimum absolute atomic E-state index is 0.224. The minimum atomic E-state index is -0.224. The Morgan fingerprint density at radius 1 is 1.11 bits per heavy atom. The number of aromatic nitrogens is 2. The fraction of sp³-hybridized carbons (Fsp3) is 0.273. The molecule has 0 amide bonds. The largest absolute Gasteiger partial charge is 0.472 e. The Kier molecular flexibility index (Phi) is 6.42. The van der Waals surface area contributed by atoms with Crippen molar-refractivity contribution in [3.8, 4) is 5.88 Å². The zero-order valence-corrected chi connectivity index (χ0v) is 17.6. The number of ether oxygens (including phenoxy) is 1. The first-order valence-electron chi connectivity index (χ1n) is 9.16. The van der Waals surface area contributed by atoms with Crippen molar-refractivity contribution in [1.82, 2.24) is 9.78 Å². The smallest absolute Gasteiger partial charge is 0.223 e. The van der Waals surface area contributed by atoms with Crippen molar-refractivity contribution in [2.75, 3.05) is 0 Å². The highest BCUT2D eigenvalue weighted by Crippen LogP contribution is 2.33. The van der Waals surface area contributed by atoms with Crippen LogP contribution in [0.15, 0.2) is 42.6 Å². The lowest BCUT2D eigenvalue weighted by molar-refractivity contribution is 0.103. The first kappa shape index (κ1) is 20.4. The summed E-state index contributed by atoms with van der Waals surface area (Å²) in [6.07, 6.45) is 2.42. The molecule has 2 aromatic carbocycles. The number of nitrogens with zero attached hydrogens (tertiary/aromatic N) is 2. The number of ketones is 1. The molecule has 0 saturated heterocycles. The van der Waals surface area contributed by atoms with Gasteiger partial charge in [0.2, 0.25) is 11.7 Å². The van der Waals surface area contributed by atoms with Gasteiger partial charge in [-0.15, -0.1) is 0 Å². The molecule has 28 heavy (non-hydrogen) atoms. The molecule has 0 radical (unpaired) electrons. The Balaban J connectivity index is 1.98. The molecule has 3 aromatic rings. The van der Waals surface area contributed by atoms with Gasteiger partial charge >= 0.3 is 0 Å². The second-order valence-electron chi connectivity index (χ2n) is 6.68. The topological polar surface area (TPSA) is 44.1 Å². The van der Waals surface area contributed by atoms with E-state index in [0.29, 0.717) is 45.8 Å². The molecular formula is C22H22Cl2N2O2. The number of rotatable bonds is 7. The van der Waals surface area contributed by atoms with Gasteiger partial charge in [0.15, 0.2) is 0 Å². The van der Waals surface area contributed by atoms with E-state index in [1.165, 1.54) is 0 Å². The van der Waals surface area contributed by atoms with Gasteiger partial charge in [-0.25, -0.2) is 4.68 Å². The van der Waals surface area contributed by atoms with Gasteiger partial charge in [-0.3, -0.25) is 4.79 Å². The van der Waals surface area contributed by atoms with Crippen LogP contribution in [0.25, 0.3) is 0 Å². The highest BCUT2D eigenvalue weighted by atomic mass is 35.5. The summed E-state index contributed by atoms with van der Waals surface area (Å²) in [6.45, 7) is 6.72. The number of halogens is 2. The third kappa shape index (κ3) is 4.08. The van der Waals surface area contributed by atoms with Gasteiger partial charge in [0.1, 0.15) is 12.2 Å². The van der Waals surface area contributed by atoms with Crippen LogP contribution in [0.4, 0.5) is 0 Å². The summed E-state index contributed by atoms with van der Waals surface area (Å²) in [7, 11) is 0. The molecule has 0 spiro atoms. The zero-order valence-electron chi connectivity index (χ0n) is 16.1. The van der Waals surface area contributed by atoms with Gasteiger partial charge in [-0.2, -0.15) is 5.10 Å². The predicted octanol–water partition coefficient (Wildman–Crippen LogP) is 6.03. The first-order chi connectivity index (χ1) is 13.4. The van der Waals surface area contributed by atoms with Crippen molar-refractivity contribution in [2.24, 2.45) is 0 Å². The van der Waals surface area contributed by atoms with Gasteiger partial charge in [0.25, 0.3) is 0 Å². The molecule has 0 aliphatic carbocycles. The average molecular weight is 417 g/mol. The third-order valence-corrected chi connectivity index (χ3v) is 5.60. The molecule has 0 N–H and O–H groups in total. The van der Waals surface area contributed by atoms with Crippen LogP contribution in [-0.2, 0) is 13.2 Å². The van der Waals surface area contributed by atoms with Crippen molar-refractivity contribution in [2.45, 2.75) is 40.3 Å². The Labute approximate surface area is 175 Å². The van der Waals surface area contributed by atoms with E-state index >= 15 is 0 Å². The van der Waals surface area contributed by atoms with Crippen LogP contribution in [0, 0.1) is 13.8 Å². The Hall–Kier alpha value is -2.30. The molecule has 3 rings (SSSR count). The van der Waals surface area contributed by atoms with Crippen LogP contribution >= 0.6 is 23.2 Å². The van der Waals surface area contributed by atoms with Crippen molar-refractivity contribution >= 4 is 29.0 Å². The van der Waals surface area contributed by atoms with Crippen molar-refractivity contribution in [3.63, 3.8) is 0 Å². The van der Waals surface area contributed by atoms with Crippen LogP contribution < -0.4 is 4.74 Å². The van der Waals surface area contributed by atoms with Crippen LogP contribution in [0.3, 0.4) is 0 Å². The quantitative estimate of drug-likeness (QED) is 0.441. The van der Waals surface area contributed by atoms with E-state index in [1.807, 2.05) is 51.1 Å². The van der Waals surface area contributed by atoms with Crippen LogP contribution in [0.2, 0.25) is 10.0 Å².